The number of carbonyl (C=O) groups excluding carboxylic acids is 2. The Hall–Kier alpha value is -5.42. The van der Waals surface area contributed by atoms with Gasteiger partial charge in [-0.1, -0.05) is 53.8 Å². The number of methoxy groups -OCH3 is 1. The number of hydrogen-bond acceptors (Lipinski definition) is 8. The minimum Gasteiger partial charge on any atom is -0.504 e. The normalized spacial score (nSPS) is 14.6. The summed E-state index contributed by atoms with van der Waals surface area (Å²) < 4.78 is 14.4. The number of esters is 1. The highest BCUT2D eigenvalue weighted by atomic mass is 32.1. The van der Waals surface area contributed by atoms with Gasteiger partial charge in [-0.25, -0.2) is 4.99 Å². The van der Waals surface area contributed by atoms with Crippen molar-refractivity contribution in [3.05, 3.63) is 121 Å². The Balaban J connectivity index is 1.54. The second kappa shape index (κ2) is 12.5. The van der Waals surface area contributed by atoms with Gasteiger partial charge in [0.05, 0.1) is 35.6 Å². The van der Waals surface area contributed by atoms with Crippen LogP contribution < -0.4 is 24.9 Å². The summed E-state index contributed by atoms with van der Waals surface area (Å²) in [6, 6.07) is 20.7. The van der Waals surface area contributed by atoms with E-state index in [9.17, 15) is 19.5 Å². The molecule has 0 fully saturated rings. The topological polar surface area (TPSA) is 124 Å². The molecule has 46 heavy (non-hydrogen) atoms. The third-order valence-electron chi connectivity index (χ3n) is 7.97. The molecule has 0 saturated heterocycles. The van der Waals surface area contributed by atoms with E-state index in [1.165, 1.54) is 29.1 Å². The number of nitrogens with zero attached hydrogens (tertiary/aromatic N) is 3. The number of hydrogen-bond donors (Lipinski definition) is 2. The molecule has 1 atom stereocenters. The van der Waals surface area contributed by atoms with Crippen molar-refractivity contribution in [3.63, 3.8) is 0 Å². The highest BCUT2D eigenvalue weighted by Crippen LogP contribution is 2.36. The van der Waals surface area contributed by atoms with E-state index in [1.807, 2.05) is 60.0 Å². The largest absolute Gasteiger partial charge is 0.504 e. The predicted molar refractivity (Wildman–Crippen MR) is 177 cm³/mol. The number of rotatable bonds is 8. The van der Waals surface area contributed by atoms with Gasteiger partial charge >= 0.3 is 5.97 Å². The number of aromatic hydroxyl groups is 1. The number of phenolic OH excluding ortho intramolecular Hbond substituents is 1. The van der Waals surface area contributed by atoms with Gasteiger partial charge in [-0.05, 0) is 62.7 Å². The Morgan fingerprint density at radius 3 is 2.54 bits per heavy atom. The third kappa shape index (κ3) is 5.49. The number of nitrogens with one attached hydrogen (secondary N) is 1. The minimum atomic E-state index is -0.858. The third-order valence-corrected chi connectivity index (χ3v) is 8.95. The summed E-state index contributed by atoms with van der Waals surface area (Å²) in [5, 5.41) is 14.2. The molecule has 2 N–H and O–H groups in total. The molecule has 0 unspecified atom stereocenters. The van der Waals surface area contributed by atoms with E-state index < -0.39 is 11.9 Å². The molecule has 1 amide bonds. The van der Waals surface area contributed by atoms with E-state index in [4.69, 9.17) is 14.5 Å². The molecule has 0 aliphatic carbocycles. The monoisotopic (exact) mass is 636 g/mol. The Kier molecular flexibility index (Phi) is 8.33. The van der Waals surface area contributed by atoms with Gasteiger partial charge in [0.2, 0.25) is 0 Å². The summed E-state index contributed by atoms with van der Waals surface area (Å²) in [6.07, 6.45) is 1.82. The highest BCUT2D eigenvalue weighted by molar-refractivity contribution is 7.07. The van der Waals surface area contributed by atoms with Crippen LogP contribution in [-0.2, 0) is 20.9 Å². The van der Waals surface area contributed by atoms with Gasteiger partial charge in [0, 0.05) is 27.8 Å². The number of ether oxygens (including phenoxy) is 2. The van der Waals surface area contributed by atoms with Crippen molar-refractivity contribution < 1.29 is 24.2 Å². The Morgan fingerprint density at radius 2 is 1.80 bits per heavy atom. The van der Waals surface area contributed by atoms with Crippen LogP contribution in [0.2, 0.25) is 0 Å². The van der Waals surface area contributed by atoms with Crippen LogP contribution in [0.4, 0.5) is 5.69 Å². The van der Waals surface area contributed by atoms with E-state index in [-0.39, 0.29) is 41.8 Å². The van der Waals surface area contributed by atoms with Crippen LogP contribution in [0.25, 0.3) is 17.0 Å². The standard InChI is InChI=1S/C35H32N4O6S/c1-5-45-30(41)19-38-21(3)25(24-13-9-10-14-26(24)38)18-29-34(43)39-32(22-15-16-27(40)28(17-22)44-4)31(20(2)36-35(39)46-29)33(42)37-23-11-7-6-8-12-23/h6-18,32,40H,5,19H2,1-4H3,(H,37,42)/b29-18-/t32-/m1/s1. The van der Waals surface area contributed by atoms with E-state index in [0.29, 0.717) is 26.3 Å². The maximum absolute atomic E-state index is 14.3. The van der Waals surface area contributed by atoms with Crippen molar-refractivity contribution in [3.8, 4) is 11.5 Å². The van der Waals surface area contributed by atoms with Gasteiger partial charge in [-0.3, -0.25) is 19.0 Å². The van der Waals surface area contributed by atoms with Crippen molar-refractivity contribution in [1.29, 1.82) is 0 Å². The smallest absolute Gasteiger partial charge is 0.325 e. The van der Waals surface area contributed by atoms with Crippen molar-refractivity contribution in [2.75, 3.05) is 19.0 Å². The Labute approximate surface area is 268 Å². The van der Waals surface area contributed by atoms with Crippen LogP contribution in [0.1, 0.15) is 36.7 Å². The van der Waals surface area contributed by atoms with Crippen LogP contribution in [0, 0.1) is 6.92 Å². The van der Waals surface area contributed by atoms with Gasteiger partial charge in [-0.2, -0.15) is 0 Å². The predicted octanol–water partition coefficient (Wildman–Crippen LogP) is 4.41. The van der Waals surface area contributed by atoms with Gasteiger partial charge in [0.25, 0.3) is 11.5 Å². The number of allylic oxidation sites excluding steroid dienone is 1. The van der Waals surface area contributed by atoms with Crippen LogP contribution in [0.15, 0.2) is 93.9 Å². The fraction of sp³-hybridized carbons (Fsp3) is 0.200. The Morgan fingerprint density at radius 1 is 1.07 bits per heavy atom. The summed E-state index contributed by atoms with van der Waals surface area (Å²) in [4.78, 5) is 45.8. The average Bonchev–Trinajstić information content (AvgIpc) is 3.49. The number of aromatic nitrogens is 2. The molecule has 10 nitrogen and oxygen atoms in total. The molecule has 0 spiro atoms. The van der Waals surface area contributed by atoms with Gasteiger partial charge < -0.3 is 24.5 Å². The van der Waals surface area contributed by atoms with Crippen LogP contribution in [0.5, 0.6) is 11.5 Å². The van der Waals surface area contributed by atoms with Crippen molar-refractivity contribution in [2.45, 2.75) is 33.4 Å². The first-order chi connectivity index (χ1) is 22.2. The maximum atomic E-state index is 14.3. The number of thiazole rings is 1. The molecule has 0 saturated carbocycles. The molecule has 6 rings (SSSR count). The lowest BCUT2D eigenvalue weighted by Gasteiger charge is -2.25. The fourth-order valence-corrected chi connectivity index (χ4v) is 6.85. The molecular formula is C35H32N4O6S. The summed E-state index contributed by atoms with van der Waals surface area (Å²) in [7, 11) is 1.44. The molecule has 11 heteroatoms. The lowest BCUT2D eigenvalue weighted by Crippen LogP contribution is -2.40. The molecular weight excluding hydrogens is 604 g/mol. The first-order valence-electron chi connectivity index (χ1n) is 14.7. The summed E-state index contributed by atoms with van der Waals surface area (Å²) in [5.41, 5.74) is 4.03. The molecule has 5 aromatic rings. The molecule has 2 aromatic heterocycles. The molecule has 1 aliphatic heterocycles. The zero-order valence-electron chi connectivity index (χ0n) is 25.7. The van der Waals surface area contributed by atoms with E-state index >= 15 is 0 Å². The molecule has 1 aliphatic rings. The van der Waals surface area contributed by atoms with E-state index in [2.05, 4.69) is 5.32 Å². The number of carbonyl (C=O) groups is 2. The number of amides is 1. The van der Waals surface area contributed by atoms with Crippen LogP contribution in [-0.4, -0.2) is 39.8 Å². The number of fused-ring (bicyclic) bond motifs is 2. The molecule has 234 valence electrons. The SMILES string of the molecule is CCOC(=O)Cn1c(C)c(/C=c2\sc3n(c2=O)[C@H](c2ccc(O)c(OC)c2)C(C(=O)Nc2ccccc2)=C(C)N=3)c2ccccc21. The van der Waals surface area contributed by atoms with Gasteiger partial charge in [-0.15, -0.1) is 0 Å². The van der Waals surface area contributed by atoms with Crippen molar-refractivity contribution >= 4 is 45.9 Å². The number of benzene rings is 3. The number of anilines is 1. The first kappa shape index (κ1) is 30.6. The first-order valence-corrected chi connectivity index (χ1v) is 15.5. The minimum absolute atomic E-state index is 0.0387. The molecule has 3 heterocycles. The van der Waals surface area contributed by atoms with Crippen LogP contribution >= 0.6 is 11.3 Å². The zero-order chi connectivity index (χ0) is 32.5. The number of phenols is 1. The van der Waals surface area contributed by atoms with Crippen molar-refractivity contribution in [1.82, 2.24) is 9.13 Å². The highest BCUT2D eigenvalue weighted by Gasteiger charge is 2.33. The van der Waals surface area contributed by atoms with Gasteiger partial charge in [0.1, 0.15) is 6.54 Å². The average molecular weight is 637 g/mol. The molecule has 0 radical (unpaired) electrons. The quantitative estimate of drug-likeness (QED) is 0.243. The van der Waals surface area contributed by atoms with E-state index in [0.717, 1.165) is 22.2 Å². The Bertz CT molecular complexity index is 2210. The zero-order valence-corrected chi connectivity index (χ0v) is 26.6. The maximum Gasteiger partial charge on any atom is 0.325 e. The molecule has 3 aromatic carbocycles. The summed E-state index contributed by atoms with van der Waals surface area (Å²) in [6.45, 7) is 5.74. The number of para-hydroxylation sites is 2. The second-order valence-corrected chi connectivity index (χ2v) is 11.7. The molecule has 0 bridgehead atoms. The van der Waals surface area contributed by atoms with E-state index in [1.54, 1.807) is 38.1 Å². The van der Waals surface area contributed by atoms with Gasteiger partial charge in [0.15, 0.2) is 16.3 Å². The second-order valence-electron chi connectivity index (χ2n) is 10.7. The van der Waals surface area contributed by atoms with Crippen LogP contribution in [0.3, 0.4) is 0 Å². The lowest BCUT2D eigenvalue weighted by atomic mass is 9.94. The summed E-state index contributed by atoms with van der Waals surface area (Å²) >= 11 is 1.22. The lowest BCUT2D eigenvalue weighted by molar-refractivity contribution is -0.143. The van der Waals surface area contributed by atoms with Crippen molar-refractivity contribution in [2.24, 2.45) is 4.99 Å². The fourth-order valence-electron chi connectivity index (χ4n) is 5.82. The summed E-state index contributed by atoms with van der Waals surface area (Å²) in [5.74, 6) is -0.610.